The highest BCUT2D eigenvalue weighted by atomic mass is 16.6. The van der Waals surface area contributed by atoms with E-state index in [9.17, 15) is 14.9 Å². The SMILES string of the molecule is Cc1ccc([C@@H](C)OC(=O)c2ccc(C#N)c(C)n2)cc1[N+](=O)[O-]. The number of nitro groups is 1. The molecule has 0 spiro atoms. The molecule has 122 valence electrons. The first-order chi connectivity index (χ1) is 11.3. The van der Waals surface area contributed by atoms with Gasteiger partial charge in [-0.05, 0) is 38.5 Å². The first-order valence-corrected chi connectivity index (χ1v) is 7.17. The number of nitrogens with zero attached hydrogens (tertiary/aromatic N) is 3. The summed E-state index contributed by atoms with van der Waals surface area (Å²) in [6.07, 6.45) is -0.672. The van der Waals surface area contributed by atoms with Crippen LogP contribution in [0.3, 0.4) is 0 Å². The third kappa shape index (κ3) is 3.55. The summed E-state index contributed by atoms with van der Waals surface area (Å²) in [7, 11) is 0. The van der Waals surface area contributed by atoms with Gasteiger partial charge in [0.2, 0.25) is 0 Å². The van der Waals surface area contributed by atoms with Crippen molar-refractivity contribution in [3.8, 4) is 6.07 Å². The zero-order chi connectivity index (χ0) is 17.9. The van der Waals surface area contributed by atoms with E-state index in [-0.39, 0.29) is 11.4 Å². The van der Waals surface area contributed by atoms with E-state index in [1.807, 2.05) is 6.07 Å². The van der Waals surface area contributed by atoms with E-state index in [1.165, 1.54) is 18.2 Å². The van der Waals surface area contributed by atoms with E-state index in [1.54, 1.807) is 32.9 Å². The second kappa shape index (κ2) is 6.87. The molecule has 1 aromatic heterocycles. The van der Waals surface area contributed by atoms with Crippen LogP contribution in [-0.2, 0) is 4.74 Å². The Bertz CT molecular complexity index is 855. The zero-order valence-corrected chi connectivity index (χ0v) is 13.4. The molecule has 2 rings (SSSR count). The Kier molecular flexibility index (Phi) is 4.90. The average molecular weight is 325 g/mol. The van der Waals surface area contributed by atoms with Crippen molar-refractivity contribution in [2.24, 2.45) is 0 Å². The van der Waals surface area contributed by atoms with Crippen molar-refractivity contribution in [3.63, 3.8) is 0 Å². The maximum Gasteiger partial charge on any atom is 0.357 e. The topological polar surface area (TPSA) is 106 Å². The van der Waals surface area contributed by atoms with Crippen molar-refractivity contribution in [1.82, 2.24) is 4.98 Å². The van der Waals surface area contributed by atoms with E-state index < -0.39 is 17.0 Å². The number of hydrogen-bond acceptors (Lipinski definition) is 6. The minimum atomic E-state index is -0.672. The van der Waals surface area contributed by atoms with Gasteiger partial charge < -0.3 is 4.74 Å². The maximum absolute atomic E-state index is 12.2. The molecule has 2 aromatic rings. The lowest BCUT2D eigenvalue weighted by molar-refractivity contribution is -0.385. The van der Waals surface area contributed by atoms with Gasteiger partial charge in [-0.25, -0.2) is 9.78 Å². The number of rotatable bonds is 4. The van der Waals surface area contributed by atoms with Crippen molar-refractivity contribution < 1.29 is 14.5 Å². The number of hydrogen-bond donors (Lipinski definition) is 0. The number of carbonyl (C=O) groups excluding carboxylic acids is 1. The van der Waals surface area contributed by atoms with Gasteiger partial charge in [0.1, 0.15) is 17.9 Å². The summed E-state index contributed by atoms with van der Waals surface area (Å²) >= 11 is 0. The Morgan fingerprint density at radius 2 is 2.04 bits per heavy atom. The third-order valence-electron chi connectivity index (χ3n) is 3.60. The van der Waals surface area contributed by atoms with Crippen LogP contribution in [-0.4, -0.2) is 15.9 Å². The van der Waals surface area contributed by atoms with Crippen LogP contribution >= 0.6 is 0 Å². The lowest BCUT2D eigenvalue weighted by Gasteiger charge is -2.14. The van der Waals surface area contributed by atoms with Crippen molar-refractivity contribution in [2.45, 2.75) is 26.9 Å². The average Bonchev–Trinajstić information content (AvgIpc) is 2.54. The van der Waals surface area contributed by atoms with Gasteiger partial charge in [0.25, 0.3) is 5.69 Å². The highest BCUT2D eigenvalue weighted by molar-refractivity contribution is 5.87. The molecule has 0 saturated carbocycles. The summed E-state index contributed by atoms with van der Waals surface area (Å²) in [6.45, 7) is 4.90. The molecule has 0 amide bonds. The molecule has 0 saturated heterocycles. The number of aryl methyl sites for hydroxylation is 2. The first kappa shape index (κ1) is 17.1. The molecule has 0 unspecified atom stereocenters. The number of aromatic nitrogens is 1. The number of nitriles is 1. The van der Waals surface area contributed by atoms with E-state index in [0.717, 1.165) is 0 Å². The summed E-state index contributed by atoms with van der Waals surface area (Å²) in [4.78, 5) is 26.7. The summed E-state index contributed by atoms with van der Waals surface area (Å²) in [5.41, 5.74) is 1.93. The largest absolute Gasteiger partial charge is 0.453 e. The Morgan fingerprint density at radius 1 is 1.33 bits per heavy atom. The molecule has 0 fully saturated rings. The lowest BCUT2D eigenvalue weighted by Crippen LogP contribution is -2.12. The van der Waals surface area contributed by atoms with Gasteiger partial charge in [-0.3, -0.25) is 10.1 Å². The van der Waals surface area contributed by atoms with Crippen LogP contribution in [0.5, 0.6) is 0 Å². The molecule has 0 N–H and O–H groups in total. The first-order valence-electron chi connectivity index (χ1n) is 7.17. The van der Waals surface area contributed by atoms with Gasteiger partial charge in [0.15, 0.2) is 0 Å². The molecule has 1 aromatic carbocycles. The molecule has 0 bridgehead atoms. The highest BCUT2D eigenvalue weighted by Gasteiger charge is 2.19. The normalized spacial score (nSPS) is 11.4. The summed E-state index contributed by atoms with van der Waals surface area (Å²) in [5, 5.41) is 19.9. The van der Waals surface area contributed by atoms with Gasteiger partial charge in [-0.1, -0.05) is 12.1 Å². The number of carbonyl (C=O) groups is 1. The smallest absolute Gasteiger partial charge is 0.357 e. The fourth-order valence-corrected chi connectivity index (χ4v) is 2.16. The quantitative estimate of drug-likeness (QED) is 0.484. The van der Waals surface area contributed by atoms with E-state index in [4.69, 9.17) is 10.00 Å². The number of benzene rings is 1. The second-order valence-electron chi connectivity index (χ2n) is 5.29. The molecule has 24 heavy (non-hydrogen) atoms. The predicted molar refractivity (Wildman–Crippen MR) is 85.4 cm³/mol. The summed E-state index contributed by atoms with van der Waals surface area (Å²) in [5.74, 6) is -0.654. The predicted octanol–water partition coefficient (Wildman–Crippen LogP) is 3.40. The fraction of sp³-hybridized carbons (Fsp3) is 0.235. The summed E-state index contributed by atoms with van der Waals surface area (Å²) < 4.78 is 5.32. The maximum atomic E-state index is 12.2. The number of ether oxygens (including phenoxy) is 1. The van der Waals surface area contributed by atoms with Crippen molar-refractivity contribution in [2.75, 3.05) is 0 Å². The molecule has 7 heteroatoms. The van der Waals surface area contributed by atoms with Gasteiger partial charge in [0, 0.05) is 11.6 Å². The standard InChI is InChI=1S/C17H15N3O4/c1-10-4-5-13(8-16(10)20(22)23)12(3)24-17(21)15-7-6-14(9-18)11(2)19-15/h4-8,12H,1-3H3/t12-/m1/s1. The molecule has 0 aliphatic heterocycles. The number of esters is 1. The van der Waals surface area contributed by atoms with Crippen LogP contribution in [0.15, 0.2) is 30.3 Å². The number of pyridine rings is 1. The van der Waals surface area contributed by atoms with Gasteiger partial charge in [-0.15, -0.1) is 0 Å². The summed E-state index contributed by atoms with van der Waals surface area (Å²) in [6, 6.07) is 9.57. The van der Waals surface area contributed by atoms with Crippen LogP contribution < -0.4 is 0 Å². The van der Waals surface area contributed by atoms with Crippen molar-refractivity contribution >= 4 is 11.7 Å². The van der Waals surface area contributed by atoms with Crippen LogP contribution in [0.4, 0.5) is 5.69 Å². The Morgan fingerprint density at radius 3 is 2.62 bits per heavy atom. The van der Waals surface area contributed by atoms with Gasteiger partial charge >= 0.3 is 5.97 Å². The lowest BCUT2D eigenvalue weighted by atomic mass is 10.1. The van der Waals surface area contributed by atoms with E-state index >= 15 is 0 Å². The Hall–Kier alpha value is -3.27. The molecular weight excluding hydrogens is 310 g/mol. The Labute approximate surface area is 138 Å². The number of nitro benzene ring substituents is 1. The minimum absolute atomic E-state index is 0.0252. The van der Waals surface area contributed by atoms with Gasteiger partial charge in [0.05, 0.1) is 16.2 Å². The fourth-order valence-electron chi connectivity index (χ4n) is 2.16. The van der Waals surface area contributed by atoms with Crippen LogP contribution in [0, 0.1) is 35.3 Å². The second-order valence-corrected chi connectivity index (χ2v) is 5.29. The van der Waals surface area contributed by atoms with Crippen LogP contribution in [0.2, 0.25) is 0 Å². The van der Waals surface area contributed by atoms with Crippen molar-refractivity contribution in [1.29, 1.82) is 5.26 Å². The molecule has 0 aliphatic rings. The van der Waals surface area contributed by atoms with E-state index in [2.05, 4.69) is 4.98 Å². The van der Waals surface area contributed by atoms with Gasteiger partial charge in [-0.2, -0.15) is 5.26 Å². The van der Waals surface area contributed by atoms with E-state index in [0.29, 0.717) is 22.4 Å². The highest BCUT2D eigenvalue weighted by Crippen LogP contribution is 2.25. The molecule has 1 heterocycles. The van der Waals surface area contributed by atoms with Crippen molar-refractivity contribution in [3.05, 3.63) is 68.5 Å². The monoisotopic (exact) mass is 325 g/mol. The van der Waals surface area contributed by atoms with Crippen LogP contribution in [0.1, 0.15) is 45.9 Å². The molecular formula is C17H15N3O4. The molecule has 0 radical (unpaired) electrons. The third-order valence-corrected chi connectivity index (χ3v) is 3.60. The Balaban J connectivity index is 2.20. The molecule has 7 nitrogen and oxygen atoms in total. The molecule has 1 atom stereocenters. The van der Waals surface area contributed by atoms with Crippen LogP contribution in [0.25, 0.3) is 0 Å². The molecule has 0 aliphatic carbocycles. The minimum Gasteiger partial charge on any atom is -0.453 e. The zero-order valence-electron chi connectivity index (χ0n) is 13.4.